The summed E-state index contributed by atoms with van der Waals surface area (Å²) in [5, 5.41) is 12.3. The first-order valence-electron chi connectivity index (χ1n) is 6.17. The van der Waals surface area contributed by atoms with Crippen molar-refractivity contribution in [3.63, 3.8) is 0 Å². The topological polar surface area (TPSA) is 69.6 Å². The van der Waals surface area contributed by atoms with Crippen molar-refractivity contribution in [3.8, 4) is 0 Å². The maximum atomic E-state index is 11.6. The molecule has 2 fully saturated rings. The average Bonchev–Trinajstić information content (AvgIpc) is 2.91. The Morgan fingerprint density at radius 3 is 2.53 bits per heavy atom. The maximum Gasteiger partial charge on any atom is 0.224 e. The van der Waals surface area contributed by atoms with Gasteiger partial charge in [0.05, 0.1) is 18.7 Å². The van der Waals surface area contributed by atoms with Gasteiger partial charge in [-0.25, -0.2) is 0 Å². The molecular formula is C12H20N2O3. The number of nitrogens with zero attached hydrogens (tertiary/aromatic N) is 1. The number of rotatable bonds is 4. The van der Waals surface area contributed by atoms with E-state index in [0.717, 1.165) is 6.42 Å². The second-order valence-corrected chi connectivity index (χ2v) is 5.61. The fourth-order valence-electron chi connectivity index (χ4n) is 2.22. The Labute approximate surface area is 101 Å². The molecule has 2 rings (SSSR count). The zero-order valence-corrected chi connectivity index (χ0v) is 10.4. The van der Waals surface area contributed by atoms with Gasteiger partial charge < -0.3 is 15.3 Å². The third-order valence-corrected chi connectivity index (χ3v) is 3.50. The molecule has 1 aliphatic heterocycles. The van der Waals surface area contributed by atoms with E-state index in [1.165, 1.54) is 0 Å². The van der Waals surface area contributed by atoms with Crippen molar-refractivity contribution in [1.29, 1.82) is 0 Å². The lowest BCUT2D eigenvalue weighted by Crippen LogP contribution is -2.61. The molecule has 1 saturated carbocycles. The van der Waals surface area contributed by atoms with Gasteiger partial charge in [0.25, 0.3) is 0 Å². The van der Waals surface area contributed by atoms with Crippen molar-refractivity contribution in [2.45, 2.75) is 32.3 Å². The molecule has 1 aliphatic carbocycles. The first kappa shape index (κ1) is 12.4. The number of amides is 2. The van der Waals surface area contributed by atoms with Crippen LogP contribution in [0.25, 0.3) is 0 Å². The Bertz CT molecular complexity index is 333. The van der Waals surface area contributed by atoms with Crippen LogP contribution in [0.1, 0.15) is 26.7 Å². The summed E-state index contributed by atoms with van der Waals surface area (Å²) in [5.74, 6) is 0.729. The van der Waals surface area contributed by atoms with Crippen LogP contribution in [-0.2, 0) is 9.59 Å². The van der Waals surface area contributed by atoms with E-state index in [0.29, 0.717) is 32.0 Å². The van der Waals surface area contributed by atoms with Gasteiger partial charge in [-0.2, -0.15) is 0 Å². The van der Waals surface area contributed by atoms with E-state index in [2.05, 4.69) is 12.2 Å². The Hall–Kier alpha value is -1.10. The number of nitrogens with one attached hydrogen (secondary N) is 1. The Kier molecular flexibility index (Phi) is 3.12. The van der Waals surface area contributed by atoms with Gasteiger partial charge in [0.15, 0.2) is 0 Å². The molecule has 2 aliphatic rings. The van der Waals surface area contributed by atoms with E-state index >= 15 is 0 Å². The van der Waals surface area contributed by atoms with Crippen LogP contribution in [0, 0.1) is 11.8 Å². The number of carbonyl (C=O) groups excluding carboxylic acids is 2. The van der Waals surface area contributed by atoms with Crippen LogP contribution in [0.4, 0.5) is 0 Å². The zero-order valence-electron chi connectivity index (χ0n) is 10.4. The number of carbonyl (C=O) groups is 2. The van der Waals surface area contributed by atoms with Gasteiger partial charge in [-0.3, -0.25) is 9.59 Å². The lowest BCUT2D eigenvalue weighted by atomic mass is 9.96. The van der Waals surface area contributed by atoms with E-state index < -0.39 is 5.60 Å². The van der Waals surface area contributed by atoms with Gasteiger partial charge in [-0.05, 0) is 19.3 Å². The van der Waals surface area contributed by atoms with Crippen LogP contribution < -0.4 is 5.32 Å². The highest BCUT2D eigenvalue weighted by molar-refractivity contribution is 5.82. The van der Waals surface area contributed by atoms with Crippen LogP contribution in [0.15, 0.2) is 0 Å². The van der Waals surface area contributed by atoms with Gasteiger partial charge >= 0.3 is 0 Å². The number of β-amino-alcohol motifs (C(OH)–C–C–N with tert-alkyl or cyclic N) is 1. The standard InChI is InChI=1S/C12H20N2O3/c1-8-5-9(8)11(16)13-4-3-10(15)14-6-12(2,17)7-14/h8-9,17H,3-7H2,1-2H3,(H,13,16). The van der Waals surface area contributed by atoms with Crippen LogP contribution in [0.2, 0.25) is 0 Å². The van der Waals surface area contributed by atoms with E-state index in [1.807, 2.05) is 0 Å². The minimum absolute atomic E-state index is 0.000621. The highest BCUT2D eigenvalue weighted by Crippen LogP contribution is 2.37. The molecule has 1 heterocycles. The summed E-state index contributed by atoms with van der Waals surface area (Å²) in [4.78, 5) is 24.7. The van der Waals surface area contributed by atoms with Crippen molar-refractivity contribution in [3.05, 3.63) is 0 Å². The highest BCUT2D eigenvalue weighted by atomic mass is 16.3. The molecule has 2 unspecified atom stereocenters. The molecule has 96 valence electrons. The molecule has 1 saturated heterocycles. The summed E-state index contributed by atoms with van der Waals surface area (Å²) in [5.41, 5.74) is -0.720. The van der Waals surface area contributed by atoms with Gasteiger partial charge in [-0.15, -0.1) is 0 Å². The number of aliphatic hydroxyl groups is 1. The second-order valence-electron chi connectivity index (χ2n) is 5.61. The quantitative estimate of drug-likeness (QED) is 0.711. The summed E-state index contributed by atoms with van der Waals surface area (Å²) < 4.78 is 0. The van der Waals surface area contributed by atoms with Crippen molar-refractivity contribution in [2.24, 2.45) is 11.8 Å². The van der Waals surface area contributed by atoms with Crippen LogP contribution in [0.5, 0.6) is 0 Å². The van der Waals surface area contributed by atoms with Gasteiger partial charge in [-0.1, -0.05) is 6.92 Å². The van der Waals surface area contributed by atoms with Gasteiger partial charge in [0.2, 0.25) is 11.8 Å². The summed E-state index contributed by atoms with van der Waals surface area (Å²) in [7, 11) is 0. The fraction of sp³-hybridized carbons (Fsp3) is 0.833. The Morgan fingerprint density at radius 1 is 1.47 bits per heavy atom. The molecule has 5 nitrogen and oxygen atoms in total. The van der Waals surface area contributed by atoms with Crippen molar-refractivity contribution in [1.82, 2.24) is 10.2 Å². The molecular weight excluding hydrogens is 220 g/mol. The molecule has 2 atom stereocenters. The normalized spacial score (nSPS) is 29.5. The molecule has 0 spiro atoms. The lowest BCUT2D eigenvalue weighted by Gasteiger charge is -2.44. The molecule has 0 aromatic heterocycles. The number of likely N-dealkylation sites (tertiary alicyclic amines) is 1. The zero-order chi connectivity index (χ0) is 12.6. The molecule has 0 aromatic carbocycles. The average molecular weight is 240 g/mol. The minimum Gasteiger partial charge on any atom is -0.386 e. The van der Waals surface area contributed by atoms with E-state index in [9.17, 15) is 14.7 Å². The molecule has 0 aromatic rings. The SMILES string of the molecule is CC1CC1C(=O)NCCC(=O)N1CC(C)(O)C1. The lowest BCUT2D eigenvalue weighted by molar-refractivity contribution is -0.152. The van der Waals surface area contributed by atoms with Crippen LogP contribution in [0.3, 0.4) is 0 Å². The van der Waals surface area contributed by atoms with Gasteiger partial charge in [0, 0.05) is 18.9 Å². The summed E-state index contributed by atoms with van der Waals surface area (Å²) in [6.07, 6.45) is 1.29. The number of hydrogen-bond acceptors (Lipinski definition) is 3. The van der Waals surface area contributed by atoms with Crippen molar-refractivity contribution in [2.75, 3.05) is 19.6 Å². The molecule has 17 heavy (non-hydrogen) atoms. The molecule has 0 radical (unpaired) electrons. The first-order valence-corrected chi connectivity index (χ1v) is 6.17. The van der Waals surface area contributed by atoms with E-state index in [1.54, 1.807) is 11.8 Å². The molecule has 0 bridgehead atoms. The smallest absolute Gasteiger partial charge is 0.224 e. The van der Waals surface area contributed by atoms with E-state index in [-0.39, 0.29) is 17.7 Å². The maximum absolute atomic E-state index is 11.6. The second kappa shape index (κ2) is 4.29. The molecule has 5 heteroatoms. The summed E-state index contributed by atoms with van der Waals surface area (Å²) >= 11 is 0. The monoisotopic (exact) mass is 240 g/mol. The van der Waals surface area contributed by atoms with Gasteiger partial charge in [0.1, 0.15) is 0 Å². The van der Waals surface area contributed by atoms with Crippen molar-refractivity contribution < 1.29 is 14.7 Å². The third-order valence-electron chi connectivity index (χ3n) is 3.50. The Balaban J connectivity index is 1.59. The largest absolute Gasteiger partial charge is 0.386 e. The predicted molar refractivity (Wildman–Crippen MR) is 62.1 cm³/mol. The minimum atomic E-state index is -0.720. The predicted octanol–water partition coefficient (Wildman–Crippen LogP) is -0.258. The van der Waals surface area contributed by atoms with Crippen LogP contribution >= 0.6 is 0 Å². The Morgan fingerprint density at radius 2 is 2.06 bits per heavy atom. The highest BCUT2D eigenvalue weighted by Gasteiger charge is 2.40. The molecule has 2 amide bonds. The van der Waals surface area contributed by atoms with E-state index in [4.69, 9.17) is 0 Å². The first-order chi connectivity index (χ1) is 7.89. The molecule has 2 N–H and O–H groups in total. The third kappa shape index (κ3) is 2.97. The summed E-state index contributed by atoms with van der Waals surface area (Å²) in [6, 6.07) is 0. The fourth-order valence-corrected chi connectivity index (χ4v) is 2.22. The van der Waals surface area contributed by atoms with Crippen molar-refractivity contribution >= 4 is 11.8 Å². The van der Waals surface area contributed by atoms with Crippen LogP contribution in [-0.4, -0.2) is 47.1 Å². The number of hydrogen-bond donors (Lipinski definition) is 2. The summed E-state index contributed by atoms with van der Waals surface area (Å²) in [6.45, 7) is 4.98.